The largest absolute Gasteiger partial charge is 0.478 e. The lowest BCUT2D eigenvalue weighted by Gasteiger charge is -1.95. The highest BCUT2D eigenvalue weighted by atomic mass is 79.9. The molecule has 12 heavy (non-hydrogen) atoms. The van der Waals surface area contributed by atoms with Crippen LogP contribution in [-0.4, -0.2) is 16.1 Å². The van der Waals surface area contributed by atoms with E-state index in [1.807, 2.05) is 0 Å². The van der Waals surface area contributed by atoms with Gasteiger partial charge in [0.2, 0.25) is 0 Å². The first-order valence-electron chi connectivity index (χ1n) is 2.65. The molecule has 1 aromatic rings. The Balaban J connectivity index is 0.00000121. The number of carbonyl (C=O) groups is 1. The smallest absolute Gasteiger partial charge is 0.337 e. The summed E-state index contributed by atoms with van der Waals surface area (Å²) in [5.41, 5.74) is 0.112. The molecular weight excluding hydrogens is 269 g/mol. The van der Waals surface area contributed by atoms with Crippen molar-refractivity contribution in [3.05, 3.63) is 27.5 Å². The van der Waals surface area contributed by atoms with Crippen LogP contribution in [0.15, 0.2) is 16.7 Å². The minimum atomic E-state index is -1.02. The zero-order chi connectivity index (χ0) is 8.43. The van der Waals surface area contributed by atoms with Gasteiger partial charge in [-0.05, 0) is 22.0 Å². The quantitative estimate of drug-likeness (QED) is 0.800. The summed E-state index contributed by atoms with van der Waals surface area (Å²) < 4.78 is 0.485. The summed E-state index contributed by atoms with van der Waals surface area (Å²) in [5, 5.41) is 8.76. The van der Waals surface area contributed by atoms with Gasteiger partial charge in [0, 0.05) is 6.20 Å². The van der Waals surface area contributed by atoms with Gasteiger partial charge in [-0.2, -0.15) is 0 Å². The first-order chi connectivity index (χ1) is 5.11. The number of nitrogens with zero attached hydrogens (tertiary/aromatic N) is 1. The molecule has 0 radical (unpaired) electrons. The fraction of sp³-hybridized carbons (Fsp3) is 0. The van der Waals surface area contributed by atoms with E-state index in [4.69, 9.17) is 16.7 Å². The average Bonchev–Trinajstić information content (AvgIpc) is 1.94. The van der Waals surface area contributed by atoms with E-state index in [-0.39, 0.29) is 23.1 Å². The number of hydrogen-bond acceptors (Lipinski definition) is 2. The zero-order valence-corrected chi connectivity index (χ0v) is 8.78. The van der Waals surface area contributed by atoms with Crippen molar-refractivity contribution in [1.82, 2.24) is 4.98 Å². The van der Waals surface area contributed by atoms with Crippen molar-refractivity contribution in [3.63, 3.8) is 0 Å². The molecule has 0 amide bonds. The van der Waals surface area contributed by atoms with Gasteiger partial charge < -0.3 is 5.11 Å². The lowest BCUT2D eigenvalue weighted by Crippen LogP contribution is -1.96. The maximum Gasteiger partial charge on any atom is 0.337 e. The third-order valence-corrected chi connectivity index (χ3v) is 2.18. The predicted octanol–water partition coefficient (Wildman–Crippen LogP) is 2.62. The molecule has 3 nitrogen and oxygen atoms in total. The highest BCUT2D eigenvalue weighted by Crippen LogP contribution is 2.20. The minimum Gasteiger partial charge on any atom is -0.478 e. The molecule has 1 heterocycles. The molecule has 0 aliphatic rings. The summed E-state index contributed by atoms with van der Waals surface area (Å²) in [6, 6.07) is 1.40. The Morgan fingerprint density at radius 3 is 2.67 bits per heavy atom. The summed E-state index contributed by atoms with van der Waals surface area (Å²) in [5.74, 6) is -1.02. The molecule has 1 rings (SSSR count). The fourth-order valence-electron chi connectivity index (χ4n) is 0.538. The van der Waals surface area contributed by atoms with Gasteiger partial charge in [-0.15, -0.1) is 12.4 Å². The molecule has 0 unspecified atom stereocenters. The van der Waals surface area contributed by atoms with Crippen LogP contribution >= 0.6 is 39.9 Å². The second kappa shape index (κ2) is 4.64. The highest BCUT2D eigenvalue weighted by Gasteiger charge is 2.05. The number of aromatic nitrogens is 1. The first kappa shape index (κ1) is 11.7. The van der Waals surface area contributed by atoms with Crippen LogP contribution in [0.25, 0.3) is 0 Å². The van der Waals surface area contributed by atoms with Gasteiger partial charge in [0.1, 0.15) is 5.15 Å². The first-order valence-corrected chi connectivity index (χ1v) is 3.82. The third kappa shape index (κ3) is 2.62. The van der Waals surface area contributed by atoms with Crippen molar-refractivity contribution < 1.29 is 9.90 Å². The molecule has 0 aliphatic heterocycles. The summed E-state index contributed by atoms with van der Waals surface area (Å²) in [6.45, 7) is 0. The Morgan fingerprint density at radius 1 is 1.67 bits per heavy atom. The Hall–Kier alpha value is -0.320. The van der Waals surface area contributed by atoms with E-state index in [1.54, 1.807) is 0 Å². The van der Waals surface area contributed by atoms with E-state index in [0.29, 0.717) is 4.47 Å². The molecule has 0 aromatic carbocycles. The summed E-state index contributed by atoms with van der Waals surface area (Å²) in [7, 11) is 0. The molecular formula is C6H4BrCl2NO2. The number of pyridine rings is 1. The van der Waals surface area contributed by atoms with Gasteiger partial charge in [0.05, 0.1) is 10.0 Å². The molecule has 0 saturated carbocycles. The zero-order valence-electron chi connectivity index (χ0n) is 5.62. The van der Waals surface area contributed by atoms with E-state index >= 15 is 0 Å². The van der Waals surface area contributed by atoms with Crippen LogP contribution in [0.1, 0.15) is 10.4 Å². The Kier molecular flexibility index (Phi) is 4.52. The van der Waals surface area contributed by atoms with Crippen molar-refractivity contribution >= 4 is 45.9 Å². The topological polar surface area (TPSA) is 50.2 Å². The normalized spacial score (nSPS) is 8.83. The molecule has 0 bridgehead atoms. The lowest BCUT2D eigenvalue weighted by molar-refractivity contribution is 0.0696. The van der Waals surface area contributed by atoms with Crippen LogP contribution in [0.5, 0.6) is 0 Å². The van der Waals surface area contributed by atoms with E-state index in [9.17, 15) is 4.79 Å². The third-order valence-electron chi connectivity index (χ3n) is 1.04. The number of halogens is 3. The number of carboxylic acid groups (broad SMARTS) is 1. The number of carboxylic acids is 1. The number of aromatic carboxylic acids is 1. The van der Waals surface area contributed by atoms with Crippen LogP contribution in [0.4, 0.5) is 0 Å². The predicted molar refractivity (Wildman–Crippen MR) is 51.2 cm³/mol. The Morgan fingerprint density at radius 2 is 2.25 bits per heavy atom. The van der Waals surface area contributed by atoms with Crippen molar-refractivity contribution in [2.45, 2.75) is 0 Å². The molecule has 0 saturated heterocycles. The van der Waals surface area contributed by atoms with Gasteiger partial charge in [-0.1, -0.05) is 11.6 Å². The molecule has 0 spiro atoms. The Bertz CT molecular complexity index is 306. The second-order valence-electron chi connectivity index (χ2n) is 1.80. The monoisotopic (exact) mass is 271 g/mol. The van der Waals surface area contributed by atoms with Gasteiger partial charge >= 0.3 is 5.97 Å². The van der Waals surface area contributed by atoms with Gasteiger partial charge in [0.25, 0.3) is 0 Å². The van der Waals surface area contributed by atoms with Crippen molar-refractivity contribution in [1.29, 1.82) is 0 Å². The van der Waals surface area contributed by atoms with Crippen LogP contribution in [-0.2, 0) is 0 Å². The van der Waals surface area contributed by atoms with E-state index in [1.165, 1.54) is 12.3 Å². The number of hydrogen-bond donors (Lipinski definition) is 1. The molecule has 0 fully saturated rings. The maximum atomic E-state index is 10.4. The second-order valence-corrected chi connectivity index (χ2v) is 3.01. The summed E-state index contributed by atoms with van der Waals surface area (Å²) >= 11 is 8.59. The molecule has 1 aromatic heterocycles. The molecule has 1 N–H and O–H groups in total. The average molecular weight is 273 g/mol. The molecule has 6 heteroatoms. The standard InChI is InChI=1S/C6H3BrClNO2.ClH/c7-4-1-3(6(10)11)2-9-5(4)8;/h1-2H,(H,10,11);1H. The highest BCUT2D eigenvalue weighted by molar-refractivity contribution is 9.10. The van der Waals surface area contributed by atoms with Crippen LogP contribution in [0.2, 0.25) is 5.15 Å². The van der Waals surface area contributed by atoms with Crippen molar-refractivity contribution in [3.8, 4) is 0 Å². The van der Waals surface area contributed by atoms with Gasteiger partial charge in [-0.3, -0.25) is 0 Å². The minimum absolute atomic E-state index is 0. The molecule has 66 valence electrons. The van der Waals surface area contributed by atoms with Gasteiger partial charge in [-0.25, -0.2) is 9.78 Å². The SMILES string of the molecule is Cl.O=C(O)c1cnc(Cl)c(Br)c1. The van der Waals surface area contributed by atoms with E-state index < -0.39 is 5.97 Å². The fourth-order valence-corrected chi connectivity index (χ4v) is 0.991. The maximum absolute atomic E-state index is 10.4. The summed E-state index contributed by atoms with van der Waals surface area (Å²) in [6.07, 6.45) is 1.20. The van der Waals surface area contributed by atoms with Crippen LogP contribution in [0, 0.1) is 0 Å². The summed E-state index contributed by atoms with van der Waals surface area (Å²) in [4.78, 5) is 14.0. The van der Waals surface area contributed by atoms with Gasteiger partial charge in [0.15, 0.2) is 0 Å². The van der Waals surface area contributed by atoms with Crippen LogP contribution in [0.3, 0.4) is 0 Å². The Labute approximate surface area is 88.3 Å². The van der Waals surface area contributed by atoms with E-state index in [2.05, 4.69) is 20.9 Å². The number of rotatable bonds is 1. The lowest BCUT2D eigenvalue weighted by atomic mass is 10.3. The van der Waals surface area contributed by atoms with Crippen LogP contribution < -0.4 is 0 Å². The van der Waals surface area contributed by atoms with Crippen molar-refractivity contribution in [2.75, 3.05) is 0 Å². The molecule has 0 aliphatic carbocycles. The van der Waals surface area contributed by atoms with E-state index in [0.717, 1.165) is 0 Å². The van der Waals surface area contributed by atoms with Crippen molar-refractivity contribution in [2.24, 2.45) is 0 Å². The molecule has 0 atom stereocenters.